The van der Waals surface area contributed by atoms with Crippen LogP contribution in [0.4, 0.5) is 0 Å². The maximum Gasteiger partial charge on any atom is 0.244 e. The fourth-order valence-electron chi connectivity index (χ4n) is 3.60. The van der Waals surface area contributed by atoms with Crippen molar-refractivity contribution in [3.05, 3.63) is 41.7 Å². The average molecular weight is 375 g/mol. The molecular formula is C19H26N4O2S. The standard InChI is InChI=1S/C19H26N4O2S/c1-19(2,3)18-21-16-13-22(26(24,25)15-5-4-9-20-11-15)10-8-17(16)23(18)12-14-6-7-14/h4-5,9,11,14H,6-8,10,12-13H2,1-3H3. The molecule has 1 fully saturated rings. The van der Waals surface area contributed by atoms with Gasteiger partial charge in [0, 0.05) is 43.0 Å². The van der Waals surface area contributed by atoms with Crippen molar-refractivity contribution in [3.8, 4) is 0 Å². The van der Waals surface area contributed by atoms with E-state index in [1.807, 2.05) is 0 Å². The van der Waals surface area contributed by atoms with Crippen molar-refractivity contribution >= 4 is 10.0 Å². The van der Waals surface area contributed by atoms with Gasteiger partial charge in [0.2, 0.25) is 10.0 Å². The minimum atomic E-state index is -3.53. The lowest BCUT2D eigenvalue weighted by Crippen LogP contribution is -2.36. The summed E-state index contributed by atoms with van der Waals surface area (Å²) in [5, 5.41) is 0. The first kappa shape index (κ1) is 17.7. The summed E-state index contributed by atoms with van der Waals surface area (Å²) >= 11 is 0. The number of nitrogens with zero attached hydrogens (tertiary/aromatic N) is 4. The average Bonchev–Trinajstić information content (AvgIpc) is 3.34. The molecule has 0 atom stereocenters. The maximum absolute atomic E-state index is 12.9. The molecule has 6 nitrogen and oxygen atoms in total. The van der Waals surface area contributed by atoms with Gasteiger partial charge in [0.15, 0.2) is 0 Å². The molecule has 0 spiro atoms. The van der Waals surface area contributed by atoms with Gasteiger partial charge < -0.3 is 4.57 Å². The van der Waals surface area contributed by atoms with E-state index in [2.05, 4.69) is 30.3 Å². The van der Waals surface area contributed by atoms with Crippen molar-refractivity contribution in [3.63, 3.8) is 0 Å². The molecule has 1 aliphatic carbocycles. The molecule has 1 aliphatic heterocycles. The Kier molecular flexibility index (Phi) is 4.19. The van der Waals surface area contributed by atoms with E-state index in [-0.39, 0.29) is 10.3 Å². The van der Waals surface area contributed by atoms with Gasteiger partial charge in [-0.05, 0) is 30.9 Å². The lowest BCUT2D eigenvalue weighted by atomic mass is 9.95. The van der Waals surface area contributed by atoms with Crippen LogP contribution < -0.4 is 0 Å². The van der Waals surface area contributed by atoms with Gasteiger partial charge in [-0.3, -0.25) is 4.98 Å². The molecule has 1 saturated carbocycles. The number of aromatic nitrogens is 3. The van der Waals surface area contributed by atoms with Gasteiger partial charge in [0.1, 0.15) is 10.7 Å². The maximum atomic E-state index is 12.9. The predicted molar refractivity (Wildman–Crippen MR) is 99.2 cm³/mol. The molecule has 0 unspecified atom stereocenters. The molecule has 26 heavy (non-hydrogen) atoms. The summed E-state index contributed by atoms with van der Waals surface area (Å²) in [6.45, 7) is 8.37. The minimum absolute atomic E-state index is 0.0563. The number of rotatable bonds is 4. The Bertz CT molecular complexity index is 909. The summed E-state index contributed by atoms with van der Waals surface area (Å²) in [4.78, 5) is 9.10. The number of hydrogen-bond acceptors (Lipinski definition) is 4. The molecule has 0 aromatic carbocycles. The Balaban J connectivity index is 1.68. The Labute approximate surface area is 155 Å². The number of sulfonamides is 1. The van der Waals surface area contributed by atoms with E-state index in [0.29, 0.717) is 19.5 Å². The first-order valence-electron chi connectivity index (χ1n) is 9.26. The van der Waals surface area contributed by atoms with Crippen molar-refractivity contribution in [1.82, 2.24) is 18.8 Å². The van der Waals surface area contributed by atoms with Crippen molar-refractivity contribution < 1.29 is 8.42 Å². The zero-order valence-electron chi connectivity index (χ0n) is 15.6. The first-order chi connectivity index (χ1) is 12.3. The Hall–Kier alpha value is -1.73. The fourth-order valence-corrected chi connectivity index (χ4v) is 4.97. The summed E-state index contributed by atoms with van der Waals surface area (Å²) in [6.07, 6.45) is 6.29. The molecule has 0 saturated heterocycles. The van der Waals surface area contributed by atoms with Gasteiger partial charge in [-0.15, -0.1) is 0 Å². The molecule has 7 heteroatoms. The van der Waals surface area contributed by atoms with Crippen LogP contribution in [0.1, 0.15) is 50.8 Å². The predicted octanol–water partition coefficient (Wildman–Crippen LogP) is 2.73. The lowest BCUT2D eigenvalue weighted by Gasteiger charge is -2.26. The van der Waals surface area contributed by atoms with Crippen molar-refractivity contribution in [2.24, 2.45) is 5.92 Å². The van der Waals surface area contributed by atoms with E-state index in [0.717, 1.165) is 24.0 Å². The lowest BCUT2D eigenvalue weighted by molar-refractivity contribution is 0.379. The van der Waals surface area contributed by atoms with Gasteiger partial charge in [0.05, 0.1) is 12.2 Å². The van der Waals surface area contributed by atoms with Crippen molar-refractivity contribution in [1.29, 1.82) is 0 Å². The minimum Gasteiger partial charge on any atom is -0.331 e. The Morgan fingerprint density at radius 3 is 2.65 bits per heavy atom. The Morgan fingerprint density at radius 2 is 2.04 bits per heavy atom. The summed E-state index contributed by atoms with van der Waals surface area (Å²) in [6, 6.07) is 3.26. The molecule has 4 rings (SSSR count). The zero-order valence-corrected chi connectivity index (χ0v) is 16.5. The van der Waals surface area contributed by atoms with Crippen molar-refractivity contribution in [2.75, 3.05) is 6.54 Å². The Morgan fingerprint density at radius 1 is 1.27 bits per heavy atom. The second kappa shape index (κ2) is 6.16. The van der Waals surface area contributed by atoms with Crippen LogP contribution in [-0.4, -0.2) is 33.8 Å². The second-order valence-corrected chi connectivity index (χ2v) is 10.3. The molecule has 3 heterocycles. The van der Waals surface area contributed by atoms with Crippen LogP contribution in [0.25, 0.3) is 0 Å². The highest BCUT2D eigenvalue weighted by Gasteiger charge is 2.35. The third-order valence-electron chi connectivity index (χ3n) is 5.16. The van der Waals surface area contributed by atoms with Crippen LogP contribution >= 0.6 is 0 Å². The van der Waals surface area contributed by atoms with Crippen LogP contribution in [0.3, 0.4) is 0 Å². The number of fused-ring (bicyclic) bond motifs is 1. The van der Waals surface area contributed by atoms with Gasteiger partial charge >= 0.3 is 0 Å². The van der Waals surface area contributed by atoms with Gasteiger partial charge in [-0.25, -0.2) is 13.4 Å². The van der Waals surface area contributed by atoms with E-state index < -0.39 is 10.0 Å². The van der Waals surface area contributed by atoms with Gasteiger partial charge in [0.25, 0.3) is 0 Å². The molecule has 0 amide bonds. The number of hydrogen-bond donors (Lipinski definition) is 0. The largest absolute Gasteiger partial charge is 0.331 e. The quantitative estimate of drug-likeness (QED) is 0.825. The summed E-state index contributed by atoms with van der Waals surface area (Å²) in [5.41, 5.74) is 2.08. The van der Waals surface area contributed by atoms with E-state index >= 15 is 0 Å². The van der Waals surface area contributed by atoms with Crippen LogP contribution in [-0.2, 0) is 34.9 Å². The van der Waals surface area contributed by atoms with Crippen LogP contribution in [0, 0.1) is 5.92 Å². The SMILES string of the molecule is CC(C)(C)c1nc2c(n1CC1CC1)CCN(S(=O)(=O)c1cccnc1)C2. The number of imidazole rings is 1. The third kappa shape index (κ3) is 3.18. The summed E-state index contributed by atoms with van der Waals surface area (Å²) in [5.74, 6) is 1.83. The van der Waals surface area contributed by atoms with Gasteiger partial charge in [-0.2, -0.15) is 4.31 Å². The second-order valence-electron chi connectivity index (χ2n) is 8.41. The molecule has 0 radical (unpaired) electrons. The first-order valence-corrected chi connectivity index (χ1v) is 10.7. The topological polar surface area (TPSA) is 68.1 Å². The monoisotopic (exact) mass is 374 g/mol. The summed E-state index contributed by atoms with van der Waals surface area (Å²) in [7, 11) is -3.53. The third-order valence-corrected chi connectivity index (χ3v) is 6.99. The van der Waals surface area contributed by atoms with E-state index in [4.69, 9.17) is 4.98 Å². The molecule has 2 aromatic rings. The van der Waals surface area contributed by atoms with Crippen LogP contribution in [0.2, 0.25) is 0 Å². The van der Waals surface area contributed by atoms with Crippen LogP contribution in [0.15, 0.2) is 29.4 Å². The molecule has 2 aromatic heterocycles. The highest BCUT2D eigenvalue weighted by atomic mass is 32.2. The molecular weight excluding hydrogens is 348 g/mol. The van der Waals surface area contributed by atoms with Gasteiger partial charge in [-0.1, -0.05) is 20.8 Å². The van der Waals surface area contributed by atoms with Crippen LogP contribution in [0.5, 0.6) is 0 Å². The highest BCUT2D eigenvalue weighted by Crippen LogP contribution is 2.36. The molecule has 0 bridgehead atoms. The van der Waals surface area contributed by atoms with Crippen molar-refractivity contribution in [2.45, 2.75) is 63.4 Å². The smallest absolute Gasteiger partial charge is 0.244 e. The normalized spacial score (nSPS) is 18.7. The number of pyridine rings is 1. The molecule has 0 N–H and O–H groups in total. The van der Waals surface area contributed by atoms with E-state index in [1.165, 1.54) is 29.0 Å². The highest BCUT2D eigenvalue weighted by molar-refractivity contribution is 7.89. The summed E-state index contributed by atoms with van der Waals surface area (Å²) < 4.78 is 29.8. The van der Waals surface area contributed by atoms with E-state index in [1.54, 1.807) is 18.3 Å². The van der Waals surface area contributed by atoms with E-state index in [9.17, 15) is 8.42 Å². The molecule has 2 aliphatic rings. The molecule has 140 valence electrons. The zero-order chi connectivity index (χ0) is 18.5. The fraction of sp³-hybridized carbons (Fsp3) is 0.579.